The predicted molar refractivity (Wildman–Crippen MR) is 124 cm³/mol. The number of hydrogen-bond acceptors (Lipinski definition) is 4. The Bertz CT molecular complexity index is 611. The molecule has 0 aromatic heterocycles. The highest BCUT2D eigenvalue weighted by Gasteiger charge is 2.28. The summed E-state index contributed by atoms with van der Waals surface area (Å²) >= 11 is 5.97. The van der Waals surface area contributed by atoms with Crippen molar-refractivity contribution in [3.63, 3.8) is 0 Å². The van der Waals surface area contributed by atoms with Crippen molar-refractivity contribution < 1.29 is 4.74 Å². The monoisotopic (exact) mass is 507 g/mol. The highest BCUT2D eigenvalue weighted by atomic mass is 127. The summed E-state index contributed by atoms with van der Waals surface area (Å²) < 4.78 is 5.45. The molecule has 0 unspecified atom stereocenters. The van der Waals surface area contributed by atoms with Gasteiger partial charge in [-0.05, 0) is 38.1 Å². The van der Waals surface area contributed by atoms with E-state index < -0.39 is 0 Å². The molecule has 0 saturated carbocycles. The Morgan fingerprint density at radius 1 is 1.07 bits per heavy atom. The van der Waals surface area contributed by atoms with Crippen LogP contribution in [0.15, 0.2) is 29.3 Å². The average molecular weight is 508 g/mol. The van der Waals surface area contributed by atoms with Crippen LogP contribution in [0.3, 0.4) is 0 Å². The smallest absolute Gasteiger partial charge is 0.191 e. The van der Waals surface area contributed by atoms with Gasteiger partial charge in [0.2, 0.25) is 0 Å². The second kappa shape index (κ2) is 10.1. The van der Waals surface area contributed by atoms with Crippen molar-refractivity contribution >= 4 is 47.2 Å². The largest absolute Gasteiger partial charge is 0.379 e. The summed E-state index contributed by atoms with van der Waals surface area (Å²) in [7, 11) is 0. The number of rotatable bonds is 4. The predicted octanol–water partition coefficient (Wildman–Crippen LogP) is 2.51. The van der Waals surface area contributed by atoms with Gasteiger partial charge < -0.3 is 20.3 Å². The first kappa shape index (κ1) is 22.5. The number of benzene rings is 1. The van der Waals surface area contributed by atoms with E-state index in [1.807, 2.05) is 12.1 Å². The Morgan fingerprint density at radius 2 is 1.67 bits per heavy atom. The van der Waals surface area contributed by atoms with E-state index in [1.54, 1.807) is 0 Å². The van der Waals surface area contributed by atoms with Gasteiger partial charge in [-0.2, -0.15) is 0 Å². The maximum absolute atomic E-state index is 6.29. The van der Waals surface area contributed by atoms with Gasteiger partial charge in [0.25, 0.3) is 0 Å². The van der Waals surface area contributed by atoms with Gasteiger partial charge in [0.05, 0.1) is 19.8 Å². The quantitative estimate of drug-likeness (QED) is 0.386. The SMILES string of the molecule is CC(C)(CN=C(N)N1CCN(c2ccc(Cl)cc2)CC1)N1CCOCC1.I. The van der Waals surface area contributed by atoms with Crippen LogP contribution in [0.25, 0.3) is 0 Å². The summed E-state index contributed by atoms with van der Waals surface area (Å²) in [6.45, 7) is 12.3. The maximum atomic E-state index is 6.29. The molecule has 0 amide bonds. The number of nitrogens with zero attached hydrogens (tertiary/aromatic N) is 4. The zero-order valence-corrected chi connectivity index (χ0v) is 19.3. The van der Waals surface area contributed by atoms with E-state index in [2.05, 4.69) is 40.7 Å². The molecule has 1 aromatic carbocycles. The highest BCUT2D eigenvalue weighted by Crippen LogP contribution is 2.20. The molecule has 2 aliphatic rings. The van der Waals surface area contributed by atoms with Crippen molar-refractivity contribution in [3.05, 3.63) is 29.3 Å². The Kier molecular flexibility index (Phi) is 8.45. The van der Waals surface area contributed by atoms with E-state index in [9.17, 15) is 0 Å². The molecule has 0 bridgehead atoms. The highest BCUT2D eigenvalue weighted by molar-refractivity contribution is 14.0. The molecule has 0 atom stereocenters. The fourth-order valence-corrected chi connectivity index (χ4v) is 3.61. The van der Waals surface area contributed by atoms with Gasteiger partial charge in [0.15, 0.2) is 5.96 Å². The third-order valence-corrected chi connectivity index (χ3v) is 5.54. The summed E-state index contributed by atoms with van der Waals surface area (Å²) in [5.74, 6) is 0.655. The maximum Gasteiger partial charge on any atom is 0.191 e. The van der Waals surface area contributed by atoms with E-state index >= 15 is 0 Å². The Morgan fingerprint density at radius 3 is 2.26 bits per heavy atom. The van der Waals surface area contributed by atoms with Crippen LogP contribution in [-0.4, -0.2) is 80.3 Å². The fraction of sp³-hybridized carbons (Fsp3) is 0.632. The molecular weight excluding hydrogens is 477 g/mol. The van der Waals surface area contributed by atoms with Crippen LogP contribution in [-0.2, 0) is 4.74 Å². The number of nitrogens with two attached hydrogens (primary N) is 1. The minimum Gasteiger partial charge on any atom is -0.379 e. The number of morpholine rings is 1. The number of aliphatic imine (C=N–C) groups is 1. The van der Waals surface area contributed by atoms with Crippen molar-refractivity contribution in [1.29, 1.82) is 0 Å². The Balaban J connectivity index is 0.00000261. The fourth-order valence-electron chi connectivity index (χ4n) is 3.49. The first-order valence-electron chi connectivity index (χ1n) is 9.34. The summed E-state index contributed by atoms with van der Waals surface area (Å²) in [5, 5.41) is 0.770. The minimum atomic E-state index is -0.000467. The second-order valence-corrected chi connectivity index (χ2v) is 7.97. The minimum absolute atomic E-state index is 0. The lowest BCUT2D eigenvalue weighted by Gasteiger charge is -2.40. The number of halogens is 2. The molecule has 3 rings (SSSR count). The zero-order valence-electron chi connectivity index (χ0n) is 16.2. The van der Waals surface area contributed by atoms with Gasteiger partial charge >= 0.3 is 0 Å². The van der Waals surface area contributed by atoms with E-state index in [0.717, 1.165) is 57.5 Å². The van der Waals surface area contributed by atoms with E-state index in [0.29, 0.717) is 12.5 Å². The number of guanidine groups is 1. The molecule has 0 spiro atoms. The first-order valence-corrected chi connectivity index (χ1v) is 9.72. The molecule has 2 heterocycles. The lowest BCUT2D eigenvalue weighted by Crippen LogP contribution is -2.53. The molecule has 27 heavy (non-hydrogen) atoms. The summed E-state index contributed by atoms with van der Waals surface area (Å²) in [6.07, 6.45) is 0. The Labute approximate surface area is 184 Å². The molecule has 2 aliphatic heterocycles. The van der Waals surface area contributed by atoms with Gasteiger partial charge in [-0.1, -0.05) is 11.6 Å². The molecule has 0 radical (unpaired) electrons. The number of piperazine rings is 1. The lowest BCUT2D eigenvalue weighted by molar-refractivity contribution is -0.00687. The van der Waals surface area contributed by atoms with Crippen molar-refractivity contribution in [1.82, 2.24) is 9.80 Å². The lowest BCUT2D eigenvalue weighted by atomic mass is 10.0. The van der Waals surface area contributed by atoms with Crippen LogP contribution in [0.1, 0.15) is 13.8 Å². The van der Waals surface area contributed by atoms with Gasteiger partial charge in [-0.25, -0.2) is 0 Å². The van der Waals surface area contributed by atoms with Crippen LogP contribution in [0.4, 0.5) is 5.69 Å². The third kappa shape index (κ3) is 6.10. The zero-order chi connectivity index (χ0) is 18.6. The van der Waals surface area contributed by atoms with Crippen molar-refractivity contribution in [3.8, 4) is 0 Å². The molecule has 0 aliphatic carbocycles. The molecule has 1 aromatic rings. The summed E-state index contributed by atoms with van der Waals surface area (Å²) in [5.41, 5.74) is 7.49. The normalized spacial score (nSPS) is 19.7. The topological polar surface area (TPSA) is 57.3 Å². The van der Waals surface area contributed by atoms with E-state index in [1.165, 1.54) is 5.69 Å². The van der Waals surface area contributed by atoms with E-state index in [-0.39, 0.29) is 29.5 Å². The average Bonchev–Trinajstić information content (AvgIpc) is 2.68. The van der Waals surface area contributed by atoms with Crippen molar-refractivity contribution in [2.45, 2.75) is 19.4 Å². The van der Waals surface area contributed by atoms with E-state index in [4.69, 9.17) is 27.1 Å². The van der Waals surface area contributed by atoms with Crippen LogP contribution >= 0.6 is 35.6 Å². The molecule has 152 valence electrons. The van der Waals surface area contributed by atoms with Crippen molar-refractivity contribution in [2.75, 3.05) is 63.9 Å². The molecule has 8 heteroatoms. The molecule has 2 saturated heterocycles. The van der Waals surface area contributed by atoms with Crippen LogP contribution in [0.5, 0.6) is 0 Å². The second-order valence-electron chi connectivity index (χ2n) is 7.54. The van der Waals surface area contributed by atoms with Gasteiger partial charge in [-0.3, -0.25) is 9.89 Å². The van der Waals surface area contributed by atoms with Gasteiger partial charge in [-0.15, -0.1) is 24.0 Å². The molecular formula is C19H31ClIN5O. The summed E-state index contributed by atoms with van der Waals surface area (Å²) in [4.78, 5) is 11.7. The first-order chi connectivity index (χ1) is 12.5. The van der Waals surface area contributed by atoms with Crippen molar-refractivity contribution in [2.24, 2.45) is 10.7 Å². The summed E-state index contributed by atoms with van der Waals surface area (Å²) in [6, 6.07) is 8.01. The molecule has 2 N–H and O–H groups in total. The molecule has 6 nitrogen and oxygen atoms in total. The number of hydrogen-bond donors (Lipinski definition) is 1. The standard InChI is InChI=1S/C19H30ClN5O.HI/c1-19(2,25-11-13-26-14-12-25)15-22-18(21)24-9-7-23(8-10-24)17-5-3-16(20)4-6-17;/h3-6H,7-15H2,1-2H3,(H2,21,22);1H. The van der Waals surface area contributed by atoms with Gasteiger partial charge in [0.1, 0.15) is 0 Å². The third-order valence-electron chi connectivity index (χ3n) is 5.29. The Hall–Kier alpha value is -0.770. The van der Waals surface area contributed by atoms with Crippen LogP contribution in [0.2, 0.25) is 5.02 Å². The van der Waals surface area contributed by atoms with Crippen LogP contribution < -0.4 is 10.6 Å². The number of anilines is 1. The number of ether oxygens (including phenoxy) is 1. The van der Waals surface area contributed by atoms with Crippen LogP contribution in [0, 0.1) is 0 Å². The molecule has 2 fully saturated rings. The van der Waals surface area contributed by atoms with Gasteiger partial charge in [0, 0.05) is 55.5 Å².